The van der Waals surface area contributed by atoms with E-state index in [-0.39, 0.29) is 6.61 Å². The SMILES string of the molecule is C=CC(=O)NC(C)(Cc1ccccc1)C(=O)OCc1ccccc1. The van der Waals surface area contributed by atoms with E-state index in [1.807, 2.05) is 60.7 Å². The van der Waals surface area contributed by atoms with E-state index in [1.54, 1.807) is 6.92 Å². The minimum atomic E-state index is -1.17. The monoisotopic (exact) mass is 323 g/mol. The Balaban J connectivity index is 2.13. The molecule has 0 saturated heterocycles. The van der Waals surface area contributed by atoms with Gasteiger partial charge in [-0.3, -0.25) is 4.79 Å². The summed E-state index contributed by atoms with van der Waals surface area (Å²) < 4.78 is 5.42. The van der Waals surface area contributed by atoms with Crippen LogP contribution in [0, 0.1) is 0 Å². The van der Waals surface area contributed by atoms with Crippen molar-refractivity contribution in [2.45, 2.75) is 25.5 Å². The van der Waals surface area contributed by atoms with Crippen LogP contribution in [-0.2, 0) is 27.4 Å². The van der Waals surface area contributed by atoms with Crippen molar-refractivity contribution in [2.75, 3.05) is 0 Å². The molecule has 1 unspecified atom stereocenters. The van der Waals surface area contributed by atoms with Crippen molar-refractivity contribution in [3.63, 3.8) is 0 Å². The first-order valence-electron chi connectivity index (χ1n) is 7.73. The highest BCUT2D eigenvalue weighted by atomic mass is 16.5. The molecule has 0 aromatic heterocycles. The Hall–Kier alpha value is -2.88. The number of nitrogens with one attached hydrogen (secondary N) is 1. The van der Waals surface area contributed by atoms with E-state index in [0.717, 1.165) is 17.2 Å². The normalized spacial score (nSPS) is 12.7. The largest absolute Gasteiger partial charge is 0.459 e. The Bertz CT molecular complexity index is 697. The van der Waals surface area contributed by atoms with E-state index >= 15 is 0 Å². The Morgan fingerprint density at radius 3 is 2.12 bits per heavy atom. The van der Waals surface area contributed by atoms with Crippen LogP contribution in [-0.4, -0.2) is 17.4 Å². The summed E-state index contributed by atoms with van der Waals surface area (Å²) in [6.07, 6.45) is 1.48. The molecule has 2 aromatic carbocycles. The number of rotatable bonds is 7. The highest BCUT2D eigenvalue weighted by Gasteiger charge is 2.36. The van der Waals surface area contributed by atoms with Crippen molar-refractivity contribution in [2.24, 2.45) is 0 Å². The third-order valence-corrected chi connectivity index (χ3v) is 3.65. The third kappa shape index (κ3) is 4.81. The average molecular weight is 323 g/mol. The summed E-state index contributed by atoms with van der Waals surface area (Å²) >= 11 is 0. The van der Waals surface area contributed by atoms with Crippen molar-refractivity contribution in [3.8, 4) is 0 Å². The lowest BCUT2D eigenvalue weighted by Gasteiger charge is -2.28. The predicted molar refractivity (Wildman–Crippen MR) is 93.1 cm³/mol. The topological polar surface area (TPSA) is 55.4 Å². The Morgan fingerprint density at radius 1 is 1.04 bits per heavy atom. The highest BCUT2D eigenvalue weighted by molar-refractivity contribution is 5.93. The van der Waals surface area contributed by atoms with Gasteiger partial charge in [-0.25, -0.2) is 4.79 Å². The second-order valence-corrected chi connectivity index (χ2v) is 5.75. The van der Waals surface area contributed by atoms with Gasteiger partial charge in [-0.2, -0.15) is 0 Å². The summed E-state index contributed by atoms with van der Waals surface area (Å²) in [5, 5.41) is 2.70. The van der Waals surface area contributed by atoms with Gasteiger partial charge in [-0.15, -0.1) is 0 Å². The van der Waals surface area contributed by atoms with Crippen molar-refractivity contribution < 1.29 is 14.3 Å². The molecule has 1 atom stereocenters. The minimum Gasteiger partial charge on any atom is -0.459 e. The number of hydrogen-bond acceptors (Lipinski definition) is 3. The fraction of sp³-hybridized carbons (Fsp3) is 0.200. The summed E-state index contributed by atoms with van der Waals surface area (Å²) in [4.78, 5) is 24.4. The van der Waals surface area contributed by atoms with Crippen molar-refractivity contribution in [1.29, 1.82) is 0 Å². The number of carbonyl (C=O) groups excluding carboxylic acids is 2. The number of ether oxygens (including phenoxy) is 1. The van der Waals surface area contributed by atoms with Gasteiger partial charge in [-0.1, -0.05) is 67.2 Å². The zero-order valence-corrected chi connectivity index (χ0v) is 13.7. The molecule has 2 aromatic rings. The standard InChI is InChI=1S/C20H21NO3/c1-3-18(22)21-20(2,14-16-10-6-4-7-11-16)19(23)24-15-17-12-8-5-9-13-17/h3-13H,1,14-15H2,2H3,(H,21,22). The summed E-state index contributed by atoms with van der Waals surface area (Å²) in [5.41, 5.74) is 0.658. The molecule has 0 spiro atoms. The van der Waals surface area contributed by atoms with Crippen molar-refractivity contribution >= 4 is 11.9 Å². The Morgan fingerprint density at radius 2 is 1.58 bits per heavy atom. The summed E-state index contributed by atoms with van der Waals surface area (Å²) in [7, 11) is 0. The fourth-order valence-electron chi connectivity index (χ4n) is 2.38. The van der Waals surface area contributed by atoms with Gasteiger partial charge in [-0.05, 0) is 24.1 Å². The summed E-state index contributed by atoms with van der Waals surface area (Å²) in [6, 6.07) is 18.9. The number of hydrogen-bond donors (Lipinski definition) is 1. The summed E-state index contributed by atoms with van der Waals surface area (Å²) in [6.45, 7) is 5.26. The van der Waals surface area contributed by atoms with Crippen molar-refractivity contribution in [3.05, 3.63) is 84.4 Å². The Labute approximate surface area is 142 Å². The van der Waals surface area contributed by atoms with Crippen LogP contribution < -0.4 is 5.32 Å². The maximum absolute atomic E-state index is 12.6. The van der Waals surface area contributed by atoms with Gasteiger partial charge < -0.3 is 10.1 Å². The molecule has 1 N–H and O–H groups in total. The average Bonchev–Trinajstić information content (AvgIpc) is 2.61. The van der Waals surface area contributed by atoms with Crippen molar-refractivity contribution in [1.82, 2.24) is 5.32 Å². The summed E-state index contributed by atoms with van der Waals surface area (Å²) in [5.74, 6) is -0.893. The number of benzene rings is 2. The first kappa shape index (κ1) is 17.5. The molecule has 0 radical (unpaired) electrons. The lowest BCUT2D eigenvalue weighted by molar-refractivity contribution is -0.153. The van der Waals surface area contributed by atoms with Gasteiger partial charge in [0.1, 0.15) is 12.1 Å². The van der Waals surface area contributed by atoms with Crippen LogP contribution in [0.1, 0.15) is 18.1 Å². The smallest absolute Gasteiger partial charge is 0.332 e. The molecule has 0 heterocycles. The van der Waals surface area contributed by atoms with Crippen LogP contribution in [0.5, 0.6) is 0 Å². The van der Waals surface area contributed by atoms with E-state index < -0.39 is 17.4 Å². The maximum Gasteiger partial charge on any atom is 0.332 e. The van der Waals surface area contributed by atoms with E-state index in [0.29, 0.717) is 6.42 Å². The molecular formula is C20H21NO3. The minimum absolute atomic E-state index is 0.161. The second-order valence-electron chi connectivity index (χ2n) is 5.75. The molecule has 24 heavy (non-hydrogen) atoms. The number of esters is 1. The van der Waals surface area contributed by atoms with Gasteiger partial charge in [0, 0.05) is 6.42 Å². The first-order valence-corrected chi connectivity index (χ1v) is 7.73. The van der Waals surface area contributed by atoms with E-state index in [2.05, 4.69) is 11.9 Å². The molecule has 0 aliphatic heterocycles. The molecule has 124 valence electrons. The lowest BCUT2D eigenvalue weighted by atomic mass is 9.92. The molecule has 0 aliphatic rings. The van der Waals surface area contributed by atoms with Crippen LogP contribution in [0.3, 0.4) is 0 Å². The quantitative estimate of drug-likeness (QED) is 0.629. The van der Waals surface area contributed by atoms with Gasteiger partial charge in [0.05, 0.1) is 0 Å². The highest BCUT2D eigenvalue weighted by Crippen LogP contribution is 2.17. The fourth-order valence-corrected chi connectivity index (χ4v) is 2.38. The molecule has 0 aliphatic carbocycles. The van der Waals surface area contributed by atoms with Gasteiger partial charge in [0.25, 0.3) is 0 Å². The lowest BCUT2D eigenvalue weighted by Crippen LogP contribution is -2.54. The maximum atomic E-state index is 12.6. The zero-order valence-electron chi connectivity index (χ0n) is 13.7. The molecule has 0 fully saturated rings. The third-order valence-electron chi connectivity index (χ3n) is 3.65. The first-order chi connectivity index (χ1) is 11.5. The van der Waals surface area contributed by atoms with Gasteiger partial charge in [0.15, 0.2) is 0 Å². The van der Waals surface area contributed by atoms with Crippen LogP contribution in [0.25, 0.3) is 0 Å². The molecule has 0 bridgehead atoms. The predicted octanol–water partition coefficient (Wildman–Crippen LogP) is 3.03. The van der Waals surface area contributed by atoms with Gasteiger partial charge >= 0.3 is 5.97 Å². The van der Waals surface area contributed by atoms with Crippen LogP contribution in [0.2, 0.25) is 0 Å². The number of amides is 1. The van der Waals surface area contributed by atoms with E-state index in [4.69, 9.17) is 4.74 Å². The Kier molecular flexibility index (Phi) is 5.90. The van der Waals surface area contributed by atoms with Crippen LogP contribution in [0.4, 0.5) is 0 Å². The molecular weight excluding hydrogens is 302 g/mol. The van der Waals surface area contributed by atoms with Crippen LogP contribution in [0.15, 0.2) is 73.3 Å². The van der Waals surface area contributed by atoms with Crippen LogP contribution >= 0.6 is 0 Å². The molecule has 4 nitrogen and oxygen atoms in total. The molecule has 4 heteroatoms. The van der Waals surface area contributed by atoms with E-state index in [1.165, 1.54) is 0 Å². The zero-order chi connectivity index (χ0) is 17.4. The van der Waals surface area contributed by atoms with Gasteiger partial charge in [0.2, 0.25) is 5.91 Å². The molecule has 2 rings (SSSR count). The second kappa shape index (κ2) is 8.11. The molecule has 1 amide bonds. The molecule has 0 saturated carbocycles. The van der Waals surface area contributed by atoms with E-state index in [9.17, 15) is 9.59 Å². The number of carbonyl (C=O) groups is 2.